The molecule has 0 spiro atoms. The van der Waals surface area contributed by atoms with Crippen LogP contribution in [0.4, 0.5) is 19.1 Å². The van der Waals surface area contributed by atoms with Crippen LogP contribution in [0.3, 0.4) is 0 Å². The largest absolute Gasteiger partial charge is 0.433 e. The molecule has 0 bridgehead atoms. The Kier molecular flexibility index (Phi) is 5.86. The minimum absolute atomic E-state index is 0.0377. The molecule has 1 unspecified atom stereocenters. The molecular formula is C11H16F3N3OS. The predicted molar refractivity (Wildman–Crippen MR) is 68.2 cm³/mol. The van der Waals surface area contributed by atoms with Crippen molar-refractivity contribution < 1.29 is 18.3 Å². The highest BCUT2D eigenvalue weighted by atomic mass is 32.2. The summed E-state index contributed by atoms with van der Waals surface area (Å²) in [7, 11) is 0. The zero-order valence-electron chi connectivity index (χ0n) is 10.7. The van der Waals surface area contributed by atoms with E-state index in [2.05, 4.69) is 15.3 Å². The third-order valence-electron chi connectivity index (χ3n) is 2.11. The van der Waals surface area contributed by atoms with Crippen LogP contribution in [0.25, 0.3) is 0 Å². The fraction of sp³-hybridized carbons (Fsp3) is 0.636. The van der Waals surface area contributed by atoms with Gasteiger partial charge in [0.15, 0.2) is 5.69 Å². The Balaban J connectivity index is 3.02. The molecule has 0 aromatic carbocycles. The highest BCUT2D eigenvalue weighted by Crippen LogP contribution is 2.31. The number of alkyl halides is 3. The number of aromatic nitrogens is 2. The number of aliphatic hydroxyl groups excluding tert-OH is 1. The van der Waals surface area contributed by atoms with Crippen molar-refractivity contribution in [2.75, 3.05) is 18.5 Å². The molecular weight excluding hydrogens is 279 g/mol. The summed E-state index contributed by atoms with van der Waals surface area (Å²) in [6, 6.07) is 0.897. The molecule has 1 rings (SSSR count). The fourth-order valence-electron chi connectivity index (χ4n) is 1.19. The van der Waals surface area contributed by atoms with Gasteiger partial charge in [0.1, 0.15) is 5.03 Å². The first-order chi connectivity index (χ1) is 8.86. The van der Waals surface area contributed by atoms with Gasteiger partial charge < -0.3 is 10.4 Å². The van der Waals surface area contributed by atoms with Crippen molar-refractivity contribution in [3.05, 3.63) is 11.8 Å². The highest BCUT2D eigenvalue weighted by molar-refractivity contribution is 7.99. The van der Waals surface area contributed by atoms with Crippen molar-refractivity contribution in [2.45, 2.75) is 36.7 Å². The zero-order valence-corrected chi connectivity index (χ0v) is 11.5. The molecule has 0 aliphatic rings. The summed E-state index contributed by atoms with van der Waals surface area (Å²) in [5, 5.41) is 11.6. The van der Waals surface area contributed by atoms with Gasteiger partial charge in [0.2, 0.25) is 5.95 Å². The minimum Gasteiger partial charge on any atom is -0.395 e. The molecule has 1 aromatic heterocycles. The van der Waals surface area contributed by atoms with Crippen LogP contribution in [0, 0.1) is 0 Å². The summed E-state index contributed by atoms with van der Waals surface area (Å²) in [6.45, 7) is 3.97. The predicted octanol–water partition coefficient (Wildman–Crippen LogP) is 2.79. The molecule has 0 aliphatic carbocycles. The molecule has 0 aliphatic heterocycles. The summed E-state index contributed by atoms with van der Waals surface area (Å²) in [5.74, 6) is -0.0377. The fourth-order valence-corrected chi connectivity index (χ4v) is 2.00. The Bertz CT molecular complexity index is 415. The average molecular weight is 295 g/mol. The quantitative estimate of drug-likeness (QED) is 0.624. The maximum absolute atomic E-state index is 12.7. The first-order valence-electron chi connectivity index (χ1n) is 5.84. The molecule has 4 nitrogen and oxygen atoms in total. The number of rotatable bonds is 6. The highest BCUT2D eigenvalue weighted by Gasteiger charge is 2.33. The number of hydrogen-bond donors (Lipinski definition) is 2. The van der Waals surface area contributed by atoms with Crippen LogP contribution in [0.15, 0.2) is 11.1 Å². The second-order valence-electron chi connectivity index (χ2n) is 3.95. The lowest BCUT2D eigenvalue weighted by atomic mass is 10.4. The second kappa shape index (κ2) is 6.95. The lowest BCUT2D eigenvalue weighted by molar-refractivity contribution is -0.141. The van der Waals surface area contributed by atoms with Gasteiger partial charge in [-0.15, -0.1) is 11.8 Å². The van der Waals surface area contributed by atoms with Gasteiger partial charge in [0.05, 0.1) is 6.61 Å². The van der Waals surface area contributed by atoms with Crippen molar-refractivity contribution in [1.82, 2.24) is 9.97 Å². The lowest BCUT2D eigenvalue weighted by Crippen LogP contribution is -2.13. The summed E-state index contributed by atoms with van der Waals surface area (Å²) in [5.41, 5.74) is -0.978. The molecule has 0 fully saturated rings. The van der Waals surface area contributed by atoms with E-state index in [0.29, 0.717) is 6.54 Å². The topological polar surface area (TPSA) is 58.0 Å². The van der Waals surface area contributed by atoms with E-state index in [4.69, 9.17) is 5.11 Å². The van der Waals surface area contributed by atoms with Crippen LogP contribution in [-0.2, 0) is 6.18 Å². The summed E-state index contributed by atoms with van der Waals surface area (Å²) < 4.78 is 38.1. The molecule has 1 atom stereocenters. The zero-order chi connectivity index (χ0) is 14.5. The van der Waals surface area contributed by atoms with Crippen LogP contribution in [0.2, 0.25) is 0 Å². The molecule has 19 heavy (non-hydrogen) atoms. The van der Waals surface area contributed by atoms with Gasteiger partial charge in [-0.2, -0.15) is 13.2 Å². The molecule has 8 heteroatoms. The normalized spacial score (nSPS) is 13.4. The molecule has 0 saturated carbocycles. The number of thioether (sulfide) groups is 1. The molecule has 1 aromatic rings. The SMILES string of the molecule is CCCNc1nc(SC(C)CO)cc(C(F)(F)F)n1. The van der Waals surface area contributed by atoms with E-state index in [1.165, 1.54) is 0 Å². The van der Waals surface area contributed by atoms with Gasteiger partial charge in [-0.1, -0.05) is 13.8 Å². The third kappa shape index (κ3) is 5.23. The van der Waals surface area contributed by atoms with E-state index < -0.39 is 11.9 Å². The number of hydrogen-bond acceptors (Lipinski definition) is 5. The van der Waals surface area contributed by atoms with Crippen LogP contribution < -0.4 is 5.32 Å². The summed E-state index contributed by atoms with van der Waals surface area (Å²) in [6.07, 6.45) is -3.75. The minimum atomic E-state index is -4.51. The van der Waals surface area contributed by atoms with E-state index in [0.717, 1.165) is 24.2 Å². The third-order valence-corrected chi connectivity index (χ3v) is 3.11. The average Bonchev–Trinajstić information content (AvgIpc) is 2.34. The Morgan fingerprint density at radius 2 is 2.11 bits per heavy atom. The number of anilines is 1. The van der Waals surface area contributed by atoms with Gasteiger partial charge in [-0.25, -0.2) is 9.97 Å². The van der Waals surface area contributed by atoms with Gasteiger partial charge in [0, 0.05) is 17.9 Å². The first-order valence-corrected chi connectivity index (χ1v) is 6.72. The number of nitrogens with one attached hydrogen (secondary N) is 1. The monoisotopic (exact) mass is 295 g/mol. The molecule has 108 valence electrons. The summed E-state index contributed by atoms with van der Waals surface area (Å²) >= 11 is 1.08. The van der Waals surface area contributed by atoms with Crippen molar-refractivity contribution in [3.63, 3.8) is 0 Å². The van der Waals surface area contributed by atoms with E-state index in [1.54, 1.807) is 6.92 Å². The Hall–Kier alpha value is -1.02. The van der Waals surface area contributed by atoms with Crippen LogP contribution in [0.1, 0.15) is 26.0 Å². The van der Waals surface area contributed by atoms with Gasteiger partial charge in [-0.3, -0.25) is 0 Å². The van der Waals surface area contributed by atoms with E-state index in [1.807, 2.05) is 6.92 Å². The van der Waals surface area contributed by atoms with E-state index >= 15 is 0 Å². The van der Waals surface area contributed by atoms with Crippen molar-refractivity contribution in [2.24, 2.45) is 0 Å². The van der Waals surface area contributed by atoms with Gasteiger partial charge in [0.25, 0.3) is 0 Å². The van der Waals surface area contributed by atoms with Crippen LogP contribution in [-0.4, -0.2) is 33.5 Å². The van der Waals surface area contributed by atoms with Crippen LogP contribution >= 0.6 is 11.8 Å². The first kappa shape index (κ1) is 16.0. The molecule has 0 radical (unpaired) electrons. The second-order valence-corrected chi connectivity index (χ2v) is 5.41. The van der Waals surface area contributed by atoms with Crippen molar-refractivity contribution in [1.29, 1.82) is 0 Å². The summed E-state index contributed by atoms with van der Waals surface area (Å²) in [4.78, 5) is 7.45. The molecule has 1 heterocycles. The van der Waals surface area contributed by atoms with Crippen LogP contribution in [0.5, 0.6) is 0 Å². The number of aliphatic hydroxyl groups is 1. The van der Waals surface area contributed by atoms with E-state index in [9.17, 15) is 13.2 Å². The number of nitrogens with zero attached hydrogens (tertiary/aromatic N) is 2. The smallest absolute Gasteiger partial charge is 0.395 e. The van der Waals surface area contributed by atoms with Gasteiger partial charge >= 0.3 is 6.18 Å². The maximum atomic E-state index is 12.7. The standard InChI is InChI=1S/C11H16F3N3OS/c1-3-4-15-10-16-8(11(12,13)14)5-9(17-10)19-7(2)6-18/h5,7,18H,3-4,6H2,1-2H3,(H,15,16,17). The molecule has 2 N–H and O–H groups in total. The van der Waals surface area contributed by atoms with Gasteiger partial charge in [-0.05, 0) is 6.42 Å². The Morgan fingerprint density at radius 3 is 2.63 bits per heavy atom. The number of halogens is 3. The van der Waals surface area contributed by atoms with E-state index in [-0.39, 0.29) is 22.8 Å². The Morgan fingerprint density at radius 1 is 1.42 bits per heavy atom. The lowest BCUT2D eigenvalue weighted by Gasteiger charge is -2.12. The molecule has 0 amide bonds. The van der Waals surface area contributed by atoms with Crippen molar-refractivity contribution >= 4 is 17.7 Å². The Labute approximate surface area is 113 Å². The van der Waals surface area contributed by atoms with Crippen molar-refractivity contribution in [3.8, 4) is 0 Å². The maximum Gasteiger partial charge on any atom is 0.433 e. The molecule has 0 saturated heterocycles.